The lowest BCUT2D eigenvalue weighted by Crippen LogP contribution is -2.34. The molecule has 0 saturated heterocycles. The highest BCUT2D eigenvalue weighted by Crippen LogP contribution is 2.54. The van der Waals surface area contributed by atoms with Crippen molar-refractivity contribution in [3.63, 3.8) is 0 Å². The lowest BCUT2D eigenvalue weighted by Gasteiger charge is -2.29. The molecule has 2 aliphatic rings. The van der Waals surface area contributed by atoms with Crippen molar-refractivity contribution in [2.75, 3.05) is 0 Å². The lowest BCUT2D eigenvalue weighted by molar-refractivity contribution is -0.150. The third-order valence-corrected chi connectivity index (χ3v) is 3.44. The van der Waals surface area contributed by atoms with Crippen LogP contribution in [0.1, 0.15) is 19.3 Å². The van der Waals surface area contributed by atoms with Crippen molar-refractivity contribution in [2.45, 2.75) is 19.3 Å². The number of hydrogen-bond donors (Lipinski definition) is 1. The third-order valence-electron chi connectivity index (χ3n) is 3.44. The van der Waals surface area contributed by atoms with E-state index in [4.69, 9.17) is 0 Å². The highest BCUT2D eigenvalue weighted by molar-refractivity contribution is 5.76. The van der Waals surface area contributed by atoms with Crippen LogP contribution in [-0.2, 0) is 4.79 Å². The number of carbonyl (C=O) groups is 1. The van der Waals surface area contributed by atoms with Crippen molar-refractivity contribution in [1.29, 1.82) is 0 Å². The van der Waals surface area contributed by atoms with Gasteiger partial charge in [-0.3, -0.25) is 4.79 Å². The van der Waals surface area contributed by atoms with Crippen LogP contribution in [0.25, 0.3) is 0 Å². The molecule has 0 unspecified atom stereocenters. The van der Waals surface area contributed by atoms with E-state index in [0.29, 0.717) is 12.3 Å². The Kier molecular flexibility index (Phi) is 1.79. The second-order valence-corrected chi connectivity index (χ2v) is 4.15. The van der Waals surface area contributed by atoms with Gasteiger partial charge in [0.1, 0.15) is 0 Å². The first-order chi connectivity index (χ1) is 6.19. The van der Waals surface area contributed by atoms with Crippen LogP contribution >= 0.6 is 0 Å². The van der Waals surface area contributed by atoms with Crippen LogP contribution in [0.4, 0.5) is 0 Å². The summed E-state index contributed by atoms with van der Waals surface area (Å²) in [6.07, 6.45) is 8.41. The number of allylic oxidation sites excluding steroid dienone is 3. The number of fused-ring (bicyclic) bond motifs is 2. The molecule has 0 spiro atoms. The van der Waals surface area contributed by atoms with Crippen LogP contribution in [0.2, 0.25) is 0 Å². The summed E-state index contributed by atoms with van der Waals surface area (Å²) in [5.74, 6) is 0.0956. The molecule has 2 aliphatic carbocycles. The van der Waals surface area contributed by atoms with E-state index < -0.39 is 11.4 Å². The largest absolute Gasteiger partial charge is 0.481 e. The van der Waals surface area contributed by atoms with E-state index in [-0.39, 0.29) is 5.92 Å². The van der Waals surface area contributed by atoms with Crippen LogP contribution < -0.4 is 0 Å². The Labute approximate surface area is 78.0 Å². The Balaban J connectivity index is 2.30. The molecular weight excluding hydrogens is 164 g/mol. The predicted molar refractivity (Wildman–Crippen MR) is 50.2 cm³/mol. The van der Waals surface area contributed by atoms with Gasteiger partial charge in [0.15, 0.2) is 0 Å². The number of aliphatic carboxylic acids is 1. The van der Waals surface area contributed by atoms with Crippen LogP contribution in [0.15, 0.2) is 24.8 Å². The quantitative estimate of drug-likeness (QED) is 0.673. The van der Waals surface area contributed by atoms with Gasteiger partial charge in [-0.2, -0.15) is 0 Å². The first-order valence-electron chi connectivity index (χ1n) is 4.71. The molecule has 0 amide bonds. The molecule has 0 aromatic heterocycles. The zero-order valence-electron chi connectivity index (χ0n) is 7.57. The van der Waals surface area contributed by atoms with Gasteiger partial charge >= 0.3 is 5.97 Å². The van der Waals surface area contributed by atoms with E-state index in [1.165, 1.54) is 0 Å². The molecule has 2 rings (SSSR count). The average molecular weight is 178 g/mol. The molecule has 2 bridgehead atoms. The lowest BCUT2D eigenvalue weighted by atomic mass is 9.73. The van der Waals surface area contributed by atoms with Crippen molar-refractivity contribution < 1.29 is 9.90 Å². The molecule has 1 N–H and O–H groups in total. The average Bonchev–Trinajstić information content (AvgIpc) is 2.64. The molecule has 13 heavy (non-hydrogen) atoms. The summed E-state index contributed by atoms with van der Waals surface area (Å²) in [6, 6.07) is 0. The fraction of sp³-hybridized carbons (Fsp3) is 0.545. The highest BCUT2D eigenvalue weighted by Gasteiger charge is 2.52. The summed E-state index contributed by atoms with van der Waals surface area (Å²) < 4.78 is 0. The molecule has 3 atom stereocenters. The maximum atomic E-state index is 11.2. The molecule has 0 heterocycles. The van der Waals surface area contributed by atoms with E-state index in [0.717, 1.165) is 12.8 Å². The summed E-state index contributed by atoms with van der Waals surface area (Å²) in [5.41, 5.74) is -0.527. The van der Waals surface area contributed by atoms with Gasteiger partial charge in [-0.15, -0.1) is 6.58 Å². The topological polar surface area (TPSA) is 37.3 Å². The smallest absolute Gasteiger partial charge is 0.310 e. The molecule has 70 valence electrons. The van der Waals surface area contributed by atoms with Gasteiger partial charge < -0.3 is 5.11 Å². The maximum Gasteiger partial charge on any atom is 0.310 e. The van der Waals surface area contributed by atoms with E-state index in [2.05, 4.69) is 18.7 Å². The molecule has 1 fully saturated rings. The highest BCUT2D eigenvalue weighted by atomic mass is 16.4. The SMILES string of the molecule is C=CC[C@]1(C(=O)O)C[C@H]2C=C[C@@H]1C2. The number of rotatable bonds is 3. The molecule has 1 saturated carbocycles. The Morgan fingerprint density at radius 1 is 1.69 bits per heavy atom. The Hall–Kier alpha value is -1.05. The van der Waals surface area contributed by atoms with Crippen LogP contribution in [0, 0.1) is 17.3 Å². The normalized spacial score (nSPS) is 40.9. The van der Waals surface area contributed by atoms with Crippen molar-refractivity contribution in [3.8, 4) is 0 Å². The first-order valence-corrected chi connectivity index (χ1v) is 4.71. The minimum Gasteiger partial charge on any atom is -0.481 e. The zero-order chi connectivity index (χ0) is 9.47. The molecular formula is C11H14O2. The van der Waals surface area contributed by atoms with Crippen molar-refractivity contribution in [2.24, 2.45) is 17.3 Å². The van der Waals surface area contributed by atoms with Gasteiger partial charge in [-0.25, -0.2) is 0 Å². The van der Waals surface area contributed by atoms with E-state index in [9.17, 15) is 9.90 Å². The van der Waals surface area contributed by atoms with Crippen molar-refractivity contribution in [1.82, 2.24) is 0 Å². The molecule has 0 radical (unpaired) electrons. The third kappa shape index (κ3) is 1.05. The van der Waals surface area contributed by atoms with Crippen LogP contribution in [-0.4, -0.2) is 11.1 Å². The Morgan fingerprint density at radius 3 is 2.85 bits per heavy atom. The predicted octanol–water partition coefficient (Wildman–Crippen LogP) is 2.23. The standard InChI is InChI=1S/C11H14O2/c1-2-5-11(10(12)13)7-8-3-4-9(11)6-8/h2-4,8-9H,1,5-7H2,(H,12,13)/t8-,9+,11-/m0/s1. The fourth-order valence-electron chi connectivity index (χ4n) is 2.78. The summed E-state index contributed by atoms with van der Waals surface area (Å²) in [4.78, 5) is 11.2. The van der Waals surface area contributed by atoms with Gasteiger partial charge in [0.05, 0.1) is 5.41 Å². The van der Waals surface area contributed by atoms with E-state index >= 15 is 0 Å². The number of carboxylic acids is 1. The Bertz CT molecular complexity index is 280. The number of hydrogen-bond acceptors (Lipinski definition) is 1. The minimum atomic E-state index is -0.649. The molecule has 2 heteroatoms. The van der Waals surface area contributed by atoms with Gasteiger partial charge in [0.25, 0.3) is 0 Å². The monoisotopic (exact) mass is 178 g/mol. The summed E-state index contributed by atoms with van der Waals surface area (Å²) in [5, 5.41) is 9.24. The molecule has 0 aromatic carbocycles. The molecule has 0 aromatic rings. The van der Waals surface area contributed by atoms with Gasteiger partial charge in [0.2, 0.25) is 0 Å². The molecule has 2 nitrogen and oxygen atoms in total. The van der Waals surface area contributed by atoms with E-state index in [1.807, 2.05) is 0 Å². The van der Waals surface area contributed by atoms with Crippen molar-refractivity contribution >= 4 is 5.97 Å². The van der Waals surface area contributed by atoms with Gasteiger partial charge in [-0.1, -0.05) is 18.2 Å². The summed E-state index contributed by atoms with van der Waals surface area (Å²) in [6.45, 7) is 3.65. The van der Waals surface area contributed by atoms with Crippen molar-refractivity contribution in [3.05, 3.63) is 24.8 Å². The minimum absolute atomic E-state index is 0.244. The van der Waals surface area contributed by atoms with Gasteiger partial charge in [0, 0.05) is 0 Å². The number of carboxylic acid groups (broad SMARTS) is 1. The zero-order valence-corrected chi connectivity index (χ0v) is 7.57. The summed E-state index contributed by atoms with van der Waals surface area (Å²) in [7, 11) is 0. The second-order valence-electron chi connectivity index (χ2n) is 4.15. The Morgan fingerprint density at radius 2 is 2.46 bits per heavy atom. The first kappa shape index (κ1) is 8.54. The maximum absolute atomic E-state index is 11.2. The van der Waals surface area contributed by atoms with Crippen LogP contribution in [0.3, 0.4) is 0 Å². The summed E-state index contributed by atoms with van der Waals surface area (Å²) >= 11 is 0. The second kappa shape index (κ2) is 2.72. The molecule has 0 aliphatic heterocycles. The van der Waals surface area contributed by atoms with E-state index in [1.54, 1.807) is 6.08 Å². The fourth-order valence-corrected chi connectivity index (χ4v) is 2.78. The van der Waals surface area contributed by atoms with Crippen LogP contribution in [0.5, 0.6) is 0 Å². The van der Waals surface area contributed by atoms with Gasteiger partial charge in [-0.05, 0) is 31.1 Å².